The Labute approximate surface area is 85.2 Å². The molecule has 0 spiro atoms. The first-order chi connectivity index (χ1) is 6.61. The van der Waals surface area contributed by atoms with Crippen LogP contribution in [0.15, 0.2) is 0 Å². The van der Waals surface area contributed by atoms with E-state index in [1.807, 2.05) is 14.1 Å². The van der Waals surface area contributed by atoms with Crippen molar-refractivity contribution in [2.24, 2.45) is 5.73 Å². The molecule has 1 fully saturated rings. The fraction of sp³-hybridized carbons (Fsp3) is 0.889. The van der Waals surface area contributed by atoms with E-state index in [-0.39, 0.29) is 11.9 Å². The number of nitrogens with one attached hydrogen (secondary N) is 1. The minimum Gasteiger partial charge on any atom is -0.350 e. The summed E-state index contributed by atoms with van der Waals surface area (Å²) in [4.78, 5) is 15.5. The molecule has 5 nitrogen and oxygen atoms in total. The number of nitrogens with zero attached hydrogens (tertiary/aromatic N) is 2. The zero-order valence-electron chi connectivity index (χ0n) is 8.99. The number of hydrogen-bond acceptors (Lipinski definition) is 4. The number of piperazine rings is 1. The molecule has 1 amide bonds. The van der Waals surface area contributed by atoms with Gasteiger partial charge in [-0.3, -0.25) is 9.69 Å². The highest BCUT2D eigenvalue weighted by Crippen LogP contribution is 1.98. The maximum atomic E-state index is 11.3. The Morgan fingerprint density at radius 3 is 2.93 bits per heavy atom. The number of carbonyl (C=O) groups excluding carboxylic acids is 1. The van der Waals surface area contributed by atoms with Gasteiger partial charge in [-0.25, -0.2) is 0 Å². The van der Waals surface area contributed by atoms with E-state index in [1.165, 1.54) is 0 Å². The molecule has 1 aliphatic heterocycles. The zero-order chi connectivity index (χ0) is 10.6. The quantitative estimate of drug-likeness (QED) is 0.568. The third-order valence-corrected chi connectivity index (χ3v) is 2.36. The van der Waals surface area contributed by atoms with Crippen molar-refractivity contribution < 1.29 is 4.79 Å². The topological polar surface area (TPSA) is 61.6 Å². The number of hydrogen-bond donors (Lipinski definition) is 2. The lowest BCUT2D eigenvalue weighted by molar-refractivity contribution is -0.125. The van der Waals surface area contributed by atoms with E-state index in [0.717, 1.165) is 19.6 Å². The van der Waals surface area contributed by atoms with Crippen molar-refractivity contribution >= 4 is 5.91 Å². The lowest BCUT2D eigenvalue weighted by Gasteiger charge is -2.32. The second kappa shape index (κ2) is 5.29. The van der Waals surface area contributed by atoms with E-state index >= 15 is 0 Å². The van der Waals surface area contributed by atoms with Gasteiger partial charge in [0.15, 0.2) is 0 Å². The lowest BCUT2D eigenvalue weighted by Crippen LogP contribution is -2.57. The molecule has 1 heterocycles. The highest BCUT2D eigenvalue weighted by molar-refractivity contribution is 5.79. The smallest absolute Gasteiger partial charge is 0.234 e. The number of amides is 1. The fourth-order valence-corrected chi connectivity index (χ4v) is 1.54. The molecule has 0 aromatic heterocycles. The summed E-state index contributed by atoms with van der Waals surface area (Å²) in [5.41, 5.74) is 5.53. The van der Waals surface area contributed by atoms with E-state index in [9.17, 15) is 4.79 Å². The molecule has 1 aliphatic rings. The van der Waals surface area contributed by atoms with Crippen LogP contribution in [-0.2, 0) is 4.79 Å². The summed E-state index contributed by atoms with van der Waals surface area (Å²) in [6, 6.07) is 0.124. The van der Waals surface area contributed by atoms with Crippen molar-refractivity contribution in [3.63, 3.8) is 0 Å². The van der Waals surface area contributed by atoms with Gasteiger partial charge in [-0.2, -0.15) is 0 Å². The van der Waals surface area contributed by atoms with Gasteiger partial charge in [0, 0.05) is 26.2 Å². The van der Waals surface area contributed by atoms with Crippen LogP contribution in [0.3, 0.4) is 0 Å². The van der Waals surface area contributed by atoms with E-state index in [1.54, 1.807) is 0 Å². The average Bonchev–Trinajstić information content (AvgIpc) is 2.14. The molecule has 82 valence electrons. The van der Waals surface area contributed by atoms with Crippen LogP contribution in [-0.4, -0.2) is 68.6 Å². The van der Waals surface area contributed by atoms with Gasteiger partial charge in [0.2, 0.25) is 5.91 Å². The van der Waals surface area contributed by atoms with Crippen LogP contribution in [0.25, 0.3) is 0 Å². The molecule has 1 saturated heterocycles. The third kappa shape index (κ3) is 3.61. The Morgan fingerprint density at radius 2 is 2.36 bits per heavy atom. The second-order valence-electron chi connectivity index (χ2n) is 4.04. The molecule has 5 heteroatoms. The average molecular weight is 200 g/mol. The van der Waals surface area contributed by atoms with E-state index in [4.69, 9.17) is 5.73 Å². The van der Waals surface area contributed by atoms with Crippen LogP contribution >= 0.6 is 0 Å². The van der Waals surface area contributed by atoms with Crippen molar-refractivity contribution in [2.45, 2.75) is 6.04 Å². The van der Waals surface area contributed by atoms with Crippen molar-refractivity contribution in [1.82, 2.24) is 15.1 Å². The van der Waals surface area contributed by atoms with Crippen molar-refractivity contribution in [2.75, 3.05) is 46.8 Å². The Morgan fingerprint density at radius 1 is 1.64 bits per heavy atom. The molecule has 3 N–H and O–H groups in total. The van der Waals surface area contributed by atoms with Gasteiger partial charge in [-0.05, 0) is 14.1 Å². The molecule has 1 unspecified atom stereocenters. The molecular weight excluding hydrogens is 180 g/mol. The molecule has 1 atom stereocenters. The molecule has 14 heavy (non-hydrogen) atoms. The minimum absolute atomic E-state index is 0.0884. The van der Waals surface area contributed by atoms with Crippen LogP contribution in [0.5, 0.6) is 0 Å². The van der Waals surface area contributed by atoms with Crippen LogP contribution in [0.1, 0.15) is 0 Å². The maximum absolute atomic E-state index is 11.3. The van der Waals surface area contributed by atoms with Crippen LogP contribution < -0.4 is 11.1 Å². The van der Waals surface area contributed by atoms with Gasteiger partial charge in [0.25, 0.3) is 0 Å². The Kier molecular flexibility index (Phi) is 4.31. The highest BCUT2D eigenvalue weighted by Gasteiger charge is 2.22. The molecule has 0 bridgehead atoms. The second-order valence-corrected chi connectivity index (χ2v) is 4.04. The van der Waals surface area contributed by atoms with Gasteiger partial charge < -0.3 is 16.0 Å². The number of carbonyl (C=O) groups is 1. The molecular formula is C9H20N4O. The molecule has 0 aliphatic carbocycles. The van der Waals surface area contributed by atoms with Crippen LogP contribution in [0.2, 0.25) is 0 Å². The Balaban J connectivity index is 2.33. The SMILES string of the molecule is CN(C)CCN1CC(=O)NC(CN)C1. The minimum atomic E-state index is 0.0884. The largest absolute Gasteiger partial charge is 0.350 e. The predicted molar refractivity (Wildman–Crippen MR) is 56.0 cm³/mol. The summed E-state index contributed by atoms with van der Waals surface area (Å²) in [5.74, 6) is 0.0884. The number of nitrogens with two attached hydrogens (primary N) is 1. The third-order valence-electron chi connectivity index (χ3n) is 2.36. The Hall–Kier alpha value is -0.650. The monoisotopic (exact) mass is 200 g/mol. The summed E-state index contributed by atoms with van der Waals surface area (Å²) in [6.45, 7) is 3.80. The molecule has 0 radical (unpaired) electrons. The normalized spacial score (nSPS) is 24.0. The van der Waals surface area contributed by atoms with Crippen molar-refractivity contribution in [1.29, 1.82) is 0 Å². The van der Waals surface area contributed by atoms with Gasteiger partial charge in [0.1, 0.15) is 0 Å². The van der Waals surface area contributed by atoms with Gasteiger partial charge in [-0.15, -0.1) is 0 Å². The van der Waals surface area contributed by atoms with Gasteiger partial charge in [-0.1, -0.05) is 0 Å². The first-order valence-corrected chi connectivity index (χ1v) is 4.98. The summed E-state index contributed by atoms with van der Waals surface area (Å²) < 4.78 is 0. The Bertz CT molecular complexity index is 195. The molecule has 0 saturated carbocycles. The first-order valence-electron chi connectivity index (χ1n) is 4.98. The predicted octanol–water partition coefficient (Wildman–Crippen LogP) is -1.69. The summed E-state index contributed by atoms with van der Waals surface area (Å²) in [5, 5.41) is 2.86. The number of rotatable bonds is 4. The zero-order valence-corrected chi connectivity index (χ0v) is 8.99. The van der Waals surface area contributed by atoms with Crippen molar-refractivity contribution in [3.05, 3.63) is 0 Å². The molecule has 0 aromatic carbocycles. The van der Waals surface area contributed by atoms with E-state index < -0.39 is 0 Å². The standard InChI is InChI=1S/C9H20N4O/c1-12(2)3-4-13-6-8(5-10)11-9(14)7-13/h8H,3-7,10H2,1-2H3,(H,11,14). The lowest BCUT2D eigenvalue weighted by atomic mass is 10.2. The molecule has 0 aromatic rings. The first kappa shape index (κ1) is 11.4. The van der Waals surface area contributed by atoms with Crippen LogP contribution in [0.4, 0.5) is 0 Å². The summed E-state index contributed by atoms with van der Waals surface area (Å²) in [6.07, 6.45) is 0. The summed E-state index contributed by atoms with van der Waals surface area (Å²) >= 11 is 0. The highest BCUT2D eigenvalue weighted by atomic mass is 16.2. The fourth-order valence-electron chi connectivity index (χ4n) is 1.54. The van der Waals surface area contributed by atoms with Gasteiger partial charge in [0.05, 0.1) is 12.6 Å². The van der Waals surface area contributed by atoms with Gasteiger partial charge >= 0.3 is 0 Å². The van der Waals surface area contributed by atoms with E-state index in [0.29, 0.717) is 13.1 Å². The molecule has 1 rings (SSSR count). The summed E-state index contributed by atoms with van der Waals surface area (Å²) in [7, 11) is 4.06. The van der Waals surface area contributed by atoms with Crippen LogP contribution in [0, 0.1) is 0 Å². The van der Waals surface area contributed by atoms with Crippen molar-refractivity contribution in [3.8, 4) is 0 Å². The van der Waals surface area contributed by atoms with E-state index in [2.05, 4.69) is 15.1 Å². The number of likely N-dealkylation sites (N-methyl/N-ethyl adjacent to an activating group) is 1. The maximum Gasteiger partial charge on any atom is 0.234 e.